The van der Waals surface area contributed by atoms with E-state index >= 15 is 0 Å². The first kappa shape index (κ1) is 10.3. The lowest BCUT2D eigenvalue weighted by Gasteiger charge is -2.09. The van der Waals surface area contributed by atoms with Gasteiger partial charge in [0.2, 0.25) is 0 Å². The summed E-state index contributed by atoms with van der Waals surface area (Å²) in [5.74, 6) is 2.96. The molecule has 2 N–H and O–H groups in total. The van der Waals surface area contributed by atoms with E-state index in [4.69, 9.17) is 15.2 Å². The van der Waals surface area contributed by atoms with Gasteiger partial charge >= 0.3 is 0 Å². The zero-order valence-corrected chi connectivity index (χ0v) is 9.19. The highest BCUT2D eigenvalue weighted by molar-refractivity contribution is 5.45. The fourth-order valence-corrected chi connectivity index (χ4v) is 2.01. The minimum absolute atomic E-state index is 0.579. The molecule has 0 unspecified atom stereocenters. The molecule has 0 saturated heterocycles. The van der Waals surface area contributed by atoms with E-state index in [2.05, 4.69) is 6.07 Å². The molecule has 3 nitrogen and oxygen atoms in total. The standard InChI is InChI=1S/C12H17NO2/c1-14-9-3-4-10(12(6-9)15-2)11-5-8(11)7-13/h3-4,6,8,11H,5,7,13H2,1-2H3/t8-,11-/m0/s1. The van der Waals surface area contributed by atoms with E-state index in [1.807, 2.05) is 12.1 Å². The largest absolute Gasteiger partial charge is 0.497 e. The summed E-state index contributed by atoms with van der Waals surface area (Å²) in [5, 5.41) is 0. The van der Waals surface area contributed by atoms with E-state index in [9.17, 15) is 0 Å². The molecular formula is C12H17NO2. The maximum Gasteiger partial charge on any atom is 0.126 e. The van der Waals surface area contributed by atoms with Crippen molar-refractivity contribution in [3.8, 4) is 11.5 Å². The van der Waals surface area contributed by atoms with Gasteiger partial charge in [0.25, 0.3) is 0 Å². The van der Waals surface area contributed by atoms with Crippen molar-refractivity contribution >= 4 is 0 Å². The first-order valence-electron chi connectivity index (χ1n) is 5.22. The fourth-order valence-electron chi connectivity index (χ4n) is 2.01. The summed E-state index contributed by atoms with van der Waals surface area (Å²) in [6.07, 6.45) is 1.18. The summed E-state index contributed by atoms with van der Waals surface area (Å²) in [4.78, 5) is 0. The quantitative estimate of drug-likeness (QED) is 0.818. The van der Waals surface area contributed by atoms with Gasteiger partial charge in [0.15, 0.2) is 0 Å². The smallest absolute Gasteiger partial charge is 0.126 e. The molecule has 0 heterocycles. The first-order chi connectivity index (χ1) is 7.30. The van der Waals surface area contributed by atoms with Crippen molar-refractivity contribution in [1.82, 2.24) is 0 Å². The van der Waals surface area contributed by atoms with Gasteiger partial charge in [-0.1, -0.05) is 6.07 Å². The van der Waals surface area contributed by atoms with Gasteiger partial charge in [0, 0.05) is 6.07 Å². The molecule has 1 aromatic rings. The van der Waals surface area contributed by atoms with Gasteiger partial charge in [-0.3, -0.25) is 0 Å². The number of hydrogen-bond acceptors (Lipinski definition) is 3. The van der Waals surface area contributed by atoms with Crippen molar-refractivity contribution in [2.45, 2.75) is 12.3 Å². The average Bonchev–Trinajstić information content (AvgIpc) is 3.07. The van der Waals surface area contributed by atoms with E-state index in [1.54, 1.807) is 14.2 Å². The minimum Gasteiger partial charge on any atom is -0.497 e. The highest BCUT2D eigenvalue weighted by Crippen LogP contribution is 2.50. The topological polar surface area (TPSA) is 44.5 Å². The van der Waals surface area contributed by atoms with Crippen LogP contribution in [0.25, 0.3) is 0 Å². The van der Waals surface area contributed by atoms with Crippen LogP contribution in [0.3, 0.4) is 0 Å². The van der Waals surface area contributed by atoms with Gasteiger partial charge in [0.1, 0.15) is 11.5 Å². The number of hydrogen-bond donors (Lipinski definition) is 1. The molecule has 0 bridgehead atoms. The number of benzene rings is 1. The van der Waals surface area contributed by atoms with Crippen LogP contribution in [0.4, 0.5) is 0 Å². The summed E-state index contributed by atoms with van der Waals surface area (Å²) >= 11 is 0. The zero-order chi connectivity index (χ0) is 10.8. The molecule has 0 aromatic heterocycles. The fraction of sp³-hybridized carbons (Fsp3) is 0.500. The van der Waals surface area contributed by atoms with Crippen LogP contribution in [0, 0.1) is 5.92 Å². The highest BCUT2D eigenvalue weighted by atomic mass is 16.5. The lowest BCUT2D eigenvalue weighted by atomic mass is 10.1. The van der Waals surface area contributed by atoms with Crippen LogP contribution < -0.4 is 15.2 Å². The van der Waals surface area contributed by atoms with Crippen LogP contribution in [0.2, 0.25) is 0 Å². The monoisotopic (exact) mass is 207 g/mol. The van der Waals surface area contributed by atoms with Crippen molar-refractivity contribution in [2.75, 3.05) is 20.8 Å². The van der Waals surface area contributed by atoms with E-state index in [0.717, 1.165) is 18.0 Å². The Labute approximate surface area is 90.2 Å². The predicted octanol–water partition coefficient (Wildman–Crippen LogP) is 1.77. The molecule has 1 aliphatic carbocycles. The third-order valence-electron chi connectivity index (χ3n) is 3.07. The van der Waals surface area contributed by atoms with Crippen molar-refractivity contribution in [2.24, 2.45) is 11.7 Å². The molecule has 1 fully saturated rings. The first-order valence-corrected chi connectivity index (χ1v) is 5.22. The molecule has 1 aromatic carbocycles. The number of nitrogens with two attached hydrogens (primary N) is 1. The Bertz CT molecular complexity index is 351. The van der Waals surface area contributed by atoms with Crippen molar-refractivity contribution in [3.05, 3.63) is 23.8 Å². The van der Waals surface area contributed by atoms with E-state index in [-0.39, 0.29) is 0 Å². The van der Waals surface area contributed by atoms with Gasteiger partial charge in [-0.05, 0) is 36.4 Å². The summed E-state index contributed by atoms with van der Waals surface area (Å²) < 4.78 is 10.5. The van der Waals surface area contributed by atoms with Crippen LogP contribution in [0.15, 0.2) is 18.2 Å². The molecule has 15 heavy (non-hydrogen) atoms. The molecular weight excluding hydrogens is 190 g/mol. The number of rotatable bonds is 4. The number of ether oxygens (including phenoxy) is 2. The highest BCUT2D eigenvalue weighted by Gasteiger charge is 2.38. The molecule has 2 atom stereocenters. The van der Waals surface area contributed by atoms with Crippen molar-refractivity contribution in [1.29, 1.82) is 0 Å². The second-order valence-electron chi connectivity index (χ2n) is 3.95. The van der Waals surface area contributed by atoms with Crippen molar-refractivity contribution in [3.63, 3.8) is 0 Å². The lowest BCUT2D eigenvalue weighted by Crippen LogP contribution is -2.02. The molecule has 1 aliphatic rings. The average molecular weight is 207 g/mol. The molecule has 2 rings (SSSR count). The van der Waals surface area contributed by atoms with Crippen LogP contribution in [0.5, 0.6) is 11.5 Å². The van der Waals surface area contributed by atoms with Gasteiger partial charge in [-0.25, -0.2) is 0 Å². The Balaban J connectivity index is 2.24. The van der Waals surface area contributed by atoms with Gasteiger partial charge in [-0.2, -0.15) is 0 Å². The van der Waals surface area contributed by atoms with Gasteiger partial charge in [-0.15, -0.1) is 0 Å². The van der Waals surface area contributed by atoms with Crippen LogP contribution in [0.1, 0.15) is 17.9 Å². The molecule has 0 spiro atoms. The Morgan fingerprint density at radius 3 is 2.67 bits per heavy atom. The summed E-state index contributed by atoms with van der Waals surface area (Å²) in [6, 6.07) is 5.99. The number of methoxy groups -OCH3 is 2. The molecule has 0 radical (unpaired) electrons. The molecule has 1 saturated carbocycles. The van der Waals surface area contributed by atoms with Crippen LogP contribution >= 0.6 is 0 Å². The molecule has 0 aliphatic heterocycles. The Morgan fingerprint density at radius 1 is 1.33 bits per heavy atom. The Hall–Kier alpha value is -1.22. The summed E-state index contributed by atoms with van der Waals surface area (Å²) in [7, 11) is 3.35. The third kappa shape index (κ3) is 1.92. The minimum atomic E-state index is 0.579. The second-order valence-corrected chi connectivity index (χ2v) is 3.95. The van der Waals surface area contributed by atoms with Crippen LogP contribution in [-0.4, -0.2) is 20.8 Å². The molecule has 0 amide bonds. The summed E-state index contributed by atoms with van der Waals surface area (Å²) in [6.45, 7) is 0.764. The third-order valence-corrected chi connectivity index (χ3v) is 3.07. The SMILES string of the molecule is COc1ccc([C@H]2C[C@H]2CN)c(OC)c1. The van der Waals surface area contributed by atoms with Crippen molar-refractivity contribution < 1.29 is 9.47 Å². The molecule has 3 heteroatoms. The van der Waals surface area contributed by atoms with Crippen LogP contribution in [-0.2, 0) is 0 Å². The predicted molar refractivity (Wildman–Crippen MR) is 59.4 cm³/mol. The Kier molecular flexibility index (Phi) is 2.82. The van der Waals surface area contributed by atoms with E-state index < -0.39 is 0 Å². The van der Waals surface area contributed by atoms with Gasteiger partial charge in [0.05, 0.1) is 14.2 Å². The van der Waals surface area contributed by atoms with Gasteiger partial charge < -0.3 is 15.2 Å². The maximum absolute atomic E-state index is 5.64. The summed E-state index contributed by atoms with van der Waals surface area (Å²) in [5.41, 5.74) is 6.90. The molecule has 82 valence electrons. The normalized spacial score (nSPS) is 23.7. The van der Waals surface area contributed by atoms with E-state index in [0.29, 0.717) is 11.8 Å². The zero-order valence-electron chi connectivity index (χ0n) is 9.19. The maximum atomic E-state index is 5.64. The Morgan fingerprint density at radius 2 is 2.13 bits per heavy atom. The second kappa shape index (κ2) is 4.11. The van der Waals surface area contributed by atoms with E-state index in [1.165, 1.54) is 12.0 Å². The lowest BCUT2D eigenvalue weighted by molar-refractivity contribution is 0.390.